The molecule has 4 nitrogen and oxygen atoms in total. The molecule has 0 bridgehead atoms. The average molecular weight is 273 g/mol. The lowest BCUT2D eigenvalue weighted by atomic mass is 10.0. The molecule has 1 aromatic heterocycles. The summed E-state index contributed by atoms with van der Waals surface area (Å²) >= 11 is 0. The van der Waals surface area contributed by atoms with Crippen molar-refractivity contribution in [2.75, 3.05) is 7.11 Å². The number of hydrogen-bond acceptors (Lipinski definition) is 3. The van der Waals surface area contributed by atoms with Crippen molar-refractivity contribution in [3.8, 4) is 0 Å². The minimum atomic E-state index is -0.190. The molecule has 0 atom stereocenters. The van der Waals surface area contributed by atoms with E-state index in [9.17, 15) is 0 Å². The molecule has 4 heteroatoms. The van der Waals surface area contributed by atoms with Gasteiger partial charge in [0.15, 0.2) is 0 Å². The van der Waals surface area contributed by atoms with Gasteiger partial charge in [0.25, 0.3) is 0 Å². The van der Waals surface area contributed by atoms with E-state index < -0.39 is 0 Å². The van der Waals surface area contributed by atoms with Crippen molar-refractivity contribution in [1.82, 2.24) is 9.55 Å². The minimum absolute atomic E-state index is 0.190. The van der Waals surface area contributed by atoms with Gasteiger partial charge in [-0.2, -0.15) is 0 Å². The lowest BCUT2D eigenvalue weighted by Gasteiger charge is -2.22. The van der Waals surface area contributed by atoms with E-state index in [0.717, 1.165) is 23.3 Å². The molecule has 1 aliphatic rings. The Labute approximate surface area is 119 Å². The molecule has 108 valence electrons. The van der Waals surface area contributed by atoms with Crippen LogP contribution in [-0.2, 0) is 17.7 Å². The fourth-order valence-electron chi connectivity index (χ4n) is 2.64. The second-order valence-electron chi connectivity index (χ2n) is 6.30. The van der Waals surface area contributed by atoms with Crippen molar-refractivity contribution in [3.05, 3.63) is 29.6 Å². The Morgan fingerprint density at radius 2 is 2.15 bits per heavy atom. The predicted molar refractivity (Wildman–Crippen MR) is 80.7 cm³/mol. The predicted octanol–water partition coefficient (Wildman–Crippen LogP) is 2.80. The van der Waals surface area contributed by atoms with Gasteiger partial charge < -0.3 is 15.0 Å². The fraction of sp³-hybridized carbons (Fsp3) is 0.562. The maximum absolute atomic E-state index is 5.73. The molecule has 0 amide bonds. The molecular formula is C16H23N3O. The Bertz CT molecular complexity index is 626. The topological polar surface area (TPSA) is 53.1 Å². The van der Waals surface area contributed by atoms with Crippen LogP contribution in [0.25, 0.3) is 11.0 Å². The molecule has 0 unspecified atom stereocenters. The first-order valence-corrected chi connectivity index (χ1v) is 7.29. The first-order valence-electron chi connectivity index (χ1n) is 7.29. The summed E-state index contributed by atoms with van der Waals surface area (Å²) < 4.78 is 7.96. The number of hydrogen-bond donors (Lipinski definition) is 1. The zero-order valence-electron chi connectivity index (χ0n) is 12.5. The molecule has 1 aromatic carbocycles. The molecule has 3 rings (SSSR count). The van der Waals surface area contributed by atoms with E-state index in [1.807, 2.05) is 0 Å². The van der Waals surface area contributed by atoms with Crippen LogP contribution in [-0.4, -0.2) is 22.3 Å². The van der Waals surface area contributed by atoms with E-state index in [1.54, 1.807) is 7.11 Å². The lowest BCUT2D eigenvalue weighted by molar-refractivity contribution is 0.0210. The van der Waals surface area contributed by atoms with Crippen molar-refractivity contribution >= 4 is 11.0 Å². The molecule has 2 N–H and O–H groups in total. The SMILES string of the molecule is COC(C)(C)Cc1nc2cc(CN)ccc2n1C1CC1. The maximum Gasteiger partial charge on any atom is 0.113 e. The molecule has 1 fully saturated rings. The summed E-state index contributed by atoms with van der Waals surface area (Å²) in [5.41, 5.74) is 8.96. The zero-order chi connectivity index (χ0) is 14.3. The second kappa shape index (κ2) is 4.86. The van der Waals surface area contributed by atoms with Gasteiger partial charge in [0.2, 0.25) is 0 Å². The number of nitrogens with two attached hydrogens (primary N) is 1. The third-order valence-electron chi connectivity index (χ3n) is 4.11. The molecule has 2 aromatic rings. The first kappa shape index (κ1) is 13.6. The molecule has 1 aliphatic carbocycles. The lowest BCUT2D eigenvalue weighted by Crippen LogP contribution is -2.27. The average Bonchev–Trinajstić information content (AvgIpc) is 3.20. The molecular weight excluding hydrogens is 250 g/mol. The van der Waals surface area contributed by atoms with Gasteiger partial charge in [-0.05, 0) is 44.4 Å². The summed E-state index contributed by atoms with van der Waals surface area (Å²) in [5.74, 6) is 1.13. The Morgan fingerprint density at radius 1 is 1.40 bits per heavy atom. The monoisotopic (exact) mass is 273 g/mol. The number of aromatic nitrogens is 2. The highest BCUT2D eigenvalue weighted by Gasteiger charge is 2.30. The maximum atomic E-state index is 5.73. The Hall–Kier alpha value is -1.39. The van der Waals surface area contributed by atoms with Crippen LogP contribution in [0.4, 0.5) is 0 Å². The van der Waals surface area contributed by atoms with Crippen molar-refractivity contribution in [3.63, 3.8) is 0 Å². The van der Waals surface area contributed by atoms with Gasteiger partial charge >= 0.3 is 0 Å². The van der Waals surface area contributed by atoms with Gasteiger partial charge in [-0.15, -0.1) is 0 Å². The number of benzene rings is 1. The first-order chi connectivity index (χ1) is 9.54. The van der Waals surface area contributed by atoms with Crippen LogP contribution in [0.15, 0.2) is 18.2 Å². The molecule has 0 radical (unpaired) electrons. The van der Waals surface area contributed by atoms with E-state index in [0.29, 0.717) is 12.6 Å². The van der Waals surface area contributed by atoms with E-state index in [2.05, 4.69) is 36.6 Å². The van der Waals surface area contributed by atoms with Gasteiger partial charge in [0.05, 0.1) is 16.6 Å². The zero-order valence-corrected chi connectivity index (χ0v) is 12.5. The Morgan fingerprint density at radius 3 is 2.75 bits per heavy atom. The smallest absolute Gasteiger partial charge is 0.113 e. The number of methoxy groups -OCH3 is 1. The van der Waals surface area contributed by atoms with E-state index in [4.69, 9.17) is 15.5 Å². The van der Waals surface area contributed by atoms with Gasteiger partial charge in [0.1, 0.15) is 5.82 Å². The van der Waals surface area contributed by atoms with E-state index >= 15 is 0 Å². The standard InChI is InChI=1S/C16H23N3O/c1-16(2,20-3)9-15-18-13-8-11(10-17)4-7-14(13)19(15)12-5-6-12/h4,7-8,12H,5-6,9-10,17H2,1-3H3. The van der Waals surface area contributed by atoms with Crippen LogP contribution >= 0.6 is 0 Å². The van der Waals surface area contributed by atoms with Gasteiger partial charge in [-0.25, -0.2) is 4.98 Å². The van der Waals surface area contributed by atoms with Crippen LogP contribution in [0.1, 0.15) is 44.1 Å². The van der Waals surface area contributed by atoms with Crippen molar-refractivity contribution < 1.29 is 4.74 Å². The third-order valence-corrected chi connectivity index (χ3v) is 4.11. The number of fused-ring (bicyclic) bond motifs is 1. The van der Waals surface area contributed by atoms with Crippen LogP contribution in [0.2, 0.25) is 0 Å². The molecule has 0 spiro atoms. The second-order valence-corrected chi connectivity index (χ2v) is 6.30. The highest BCUT2D eigenvalue weighted by Crippen LogP contribution is 2.39. The largest absolute Gasteiger partial charge is 0.378 e. The molecule has 0 saturated heterocycles. The summed E-state index contributed by atoms with van der Waals surface area (Å²) in [7, 11) is 1.76. The molecule has 0 aliphatic heterocycles. The van der Waals surface area contributed by atoms with Crippen LogP contribution in [0, 0.1) is 0 Å². The van der Waals surface area contributed by atoms with Crippen molar-refractivity contribution in [2.24, 2.45) is 5.73 Å². The summed E-state index contributed by atoms with van der Waals surface area (Å²) in [6, 6.07) is 6.99. The fourth-order valence-corrected chi connectivity index (χ4v) is 2.64. The highest BCUT2D eigenvalue weighted by molar-refractivity contribution is 5.77. The summed E-state index contributed by atoms with van der Waals surface area (Å²) in [5, 5.41) is 0. The van der Waals surface area contributed by atoms with Gasteiger partial charge in [-0.1, -0.05) is 6.07 Å². The van der Waals surface area contributed by atoms with E-state index in [-0.39, 0.29) is 5.60 Å². The summed E-state index contributed by atoms with van der Waals surface area (Å²) in [6.07, 6.45) is 3.33. The Kier molecular flexibility index (Phi) is 3.30. The summed E-state index contributed by atoms with van der Waals surface area (Å²) in [4.78, 5) is 4.84. The Balaban J connectivity index is 2.08. The van der Waals surface area contributed by atoms with Gasteiger partial charge in [-0.3, -0.25) is 0 Å². The molecule has 20 heavy (non-hydrogen) atoms. The quantitative estimate of drug-likeness (QED) is 0.911. The highest BCUT2D eigenvalue weighted by atomic mass is 16.5. The number of nitrogens with zero attached hydrogens (tertiary/aromatic N) is 2. The molecule has 1 heterocycles. The number of ether oxygens (including phenoxy) is 1. The van der Waals surface area contributed by atoms with Gasteiger partial charge in [0, 0.05) is 26.1 Å². The number of imidazole rings is 1. The third kappa shape index (κ3) is 2.45. The normalized spacial score (nSPS) is 16.0. The van der Waals surface area contributed by atoms with Crippen LogP contribution in [0.5, 0.6) is 0 Å². The van der Waals surface area contributed by atoms with Crippen LogP contribution in [0.3, 0.4) is 0 Å². The molecule has 1 saturated carbocycles. The summed E-state index contributed by atoms with van der Waals surface area (Å²) in [6.45, 7) is 4.77. The van der Waals surface area contributed by atoms with E-state index in [1.165, 1.54) is 18.4 Å². The number of rotatable bonds is 5. The van der Waals surface area contributed by atoms with Crippen molar-refractivity contribution in [2.45, 2.75) is 51.3 Å². The van der Waals surface area contributed by atoms with Crippen LogP contribution < -0.4 is 5.73 Å². The minimum Gasteiger partial charge on any atom is -0.378 e. The van der Waals surface area contributed by atoms with Crippen molar-refractivity contribution in [1.29, 1.82) is 0 Å².